The van der Waals surface area contributed by atoms with Crippen LogP contribution in [0.25, 0.3) is 0 Å². The molecule has 1 atom stereocenters. The maximum atomic E-state index is 14.0. The van der Waals surface area contributed by atoms with Crippen molar-refractivity contribution in [3.8, 4) is 0 Å². The topological polar surface area (TPSA) is 0 Å². The molecule has 2 aliphatic rings. The maximum Gasteiger partial charge on any atom is 0.126 e. The van der Waals surface area contributed by atoms with E-state index in [1.54, 1.807) is 11.6 Å². The Bertz CT molecular complexity index is 636. The number of unbranched alkanes of at least 4 members (excludes halogenated alkanes) is 3. The minimum atomic E-state index is -0.0244. The lowest BCUT2D eigenvalue weighted by Crippen LogP contribution is -2.23. The van der Waals surface area contributed by atoms with E-state index in [1.807, 2.05) is 13.0 Å². The predicted octanol–water partition coefficient (Wildman–Crippen LogP) is 8.82. The third kappa shape index (κ3) is 6.97. The van der Waals surface area contributed by atoms with E-state index < -0.39 is 0 Å². The lowest BCUT2D eigenvalue weighted by Gasteiger charge is -2.35. The van der Waals surface area contributed by atoms with Gasteiger partial charge in [-0.05, 0) is 86.3 Å². The second-order valence-electron chi connectivity index (χ2n) is 9.81. The Kier molecular flexibility index (Phi) is 9.28. The summed E-state index contributed by atoms with van der Waals surface area (Å²) < 4.78 is 14.0. The zero-order valence-corrected chi connectivity index (χ0v) is 19.0. The molecule has 1 aromatic carbocycles. The third-order valence-corrected chi connectivity index (χ3v) is 7.80. The average molecular weight is 399 g/mol. The molecule has 0 N–H and O–H groups in total. The van der Waals surface area contributed by atoms with E-state index in [-0.39, 0.29) is 5.82 Å². The summed E-state index contributed by atoms with van der Waals surface area (Å²) >= 11 is 0. The number of rotatable bonds is 10. The smallest absolute Gasteiger partial charge is 0.126 e. The fraction of sp³-hybridized carbons (Fsp3) is 0.714. The molecule has 2 aliphatic carbocycles. The number of benzene rings is 1. The van der Waals surface area contributed by atoms with E-state index in [0.29, 0.717) is 0 Å². The molecule has 0 amide bonds. The molecule has 29 heavy (non-hydrogen) atoms. The largest absolute Gasteiger partial charge is 0.207 e. The number of halogens is 1. The molecule has 0 heterocycles. The summed E-state index contributed by atoms with van der Waals surface area (Å²) in [6.07, 6.45) is 22.5. The van der Waals surface area contributed by atoms with Crippen molar-refractivity contribution in [1.29, 1.82) is 0 Å². The Labute approximate surface area is 179 Å². The molecule has 1 saturated carbocycles. The van der Waals surface area contributed by atoms with Crippen molar-refractivity contribution in [3.63, 3.8) is 0 Å². The van der Waals surface area contributed by atoms with Crippen molar-refractivity contribution in [2.24, 2.45) is 17.8 Å². The van der Waals surface area contributed by atoms with Crippen LogP contribution in [-0.2, 0) is 12.8 Å². The quantitative estimate of drug-likeness (QED) is 0.273. The molecular weight excluding hydrogens is 355 g/mol. The number of hydrogen-bond acceptors (Lipinski definition) is 0. The van der Waals surface area contributed by atoms with Gasteiger partial charge in [0.25, 0.3) is 0 Å². The van der Waals surface area contributed by atoms with Crippen LogP contribution in [-0.4, -0.2) is 0 Å². The molecule has 1 fully saturated rings. The van der Waals surface area contributed by atoms with E-state index in [0.717, 1.165) is 48.1 Å². The van der Waals surface area contributed by atoms with Crippen LogP contribution in [0.5, 0.6) is 0 Å². The summed E-state index contributed by atoms with van der Waals surface area (Å²) in [6.45, 7) is 4.32. The number of aryl methyl sites for hydroxylation is 2. The van der Waals surface area contributed by atoms with E-state index in [4.69, 9.17) is 0 Å². The van der Waals surface area contributed by atoms with Crippen LogP contribution >= 0.6 is 0 Å². The van der Waals surface area contributed by atoms with Crippen LogP contribution in [0.15, 0.2) is 29.8 Å². The van der Waals surface area contributed by atoms with E-state index in [1.165, 1.54) is 77.0 Å². The molecule has 1 aromatic rings. The summed E-state index contributed by atoms with van der Waals surface area (Å²) in [5, 5.41) is 0. The number of hydrogen-bond donors (Lipinski definition) is 0. The van der Waals surface area contributed by atoms with Gasteiger partial charge >= 0.3 is 0 Å². The summed E-state index contributed by atoms with van der Waals surface area (Å²) in [6, 6.07) is 5.84. The summed E-state index contributed by atoms with van der Waals surface area (Å²) in [7, 11) is 0. The lowest BCUT2D eigenvalue weighted by atomic mass is 9.70. The van der Waals surface area contributed by atoms with Gasteiger partial charge in [0, 0.05) is 0 Å². The van der Waals surface area contributed by atoms with Gasteiger partial charge in [0.15, 0.2) is 0 Å². The monoisotopic (exact) mass is 398 g/mol. The van der Waals surface area contributed by atoms with Gasteiger partial charge in [-0.1, -0.05) is 82.6 Å². The molecule has 0 spiro atoms. The highest BCUT2D eigenvalue weighted by molar-refractivity contribution is 5.25. The second kappa shape index (κ2) is 11.9. The first kappa shape index (κ1) is 22.6. The molecule has 0 aromatic heterocycles. The summed E-state index contributed by atoms with van der Waals surface area (Å²) in [5.41, 5.74) is 3.61. The predicted molar refractivity (Wildman–Crippen MR) is 124 cm³/mol. The first-order valence-corrected chi connectivity index (χ1v) is 12.6. The first-order valence-electron chi connectivity index (χ1n) is 12.6. The Balaban J connectivity index is 1.37. The van der Waals surface area contributed by atoms with Gasteiger partial charge in [0.05, 0.1) is 0 Å². The normalized spacial score (nSPS) is 25.1. The third-order valence-electron chi connectivity index (χ3n) is 7.80. The van der Waals surface area contributed by atoms with Crippen LogP contribution in [0.3, 0.4) is 0 Å². The van der Waals surface area contributed by atoms with Gasteiger partial charge < -0.3 is 0 Å². The van der Waals surface area contributed by atoms with Crippen molar-refractivity contribution in [2.75, 3.05) is 0 Å². The maximum absolute atomic E-state index is 14.0. The minimum absolute atomic E-state index is 0.0244. The van der Waals surface area contributed by atoms with Gasteiger partial charge in [-0.3, -0.25) is 0 Å². The molecule has 0 saturated heterocycles. The zero-order chi connectivity index (χ0) is 20.5. The molecule has 0 bridgehead atoms. The van der Waals surface area contributed by atoms with Gasteiger partial charge in [-0.15, -0.1) is 0 Å². The Morgan fingerprint density at radius 1 is 0.897 bits per heavy atom. The Hall–Kier alpha value is -1.11. The molecule has 0 aliphatic heterocycles. The second-order valence-corrected chi connectivity index (χ2v) is 9.81. The van der Waals surface area contributed by atoms with Crippen LogP contribution in [0.1, 0.15) is 108 Å². The molecule has 0 radical (unpaired) electrons. The van der Waals surface area contributed by atoms with Gasteiger partial charge in [0.2, 0.25) is 0 Å². The van der Waals surface area contributed by atoms with Gasteiger partial charge in [0.1, 0.15) is 5.82 Å². The highest BCUT2D eigenvalue weighted by atomic mass is 19.1. The SMILES string of the molecule is CCCCCC[C@H]1CC[C@H](C2CC=C(CCc3ccc(CC)c(F)c3)CC2)CC1. The van der Waals surface area contributed by atoms with Gasteiger partial charge in [-0.2, -0.15) is 0 Å². The lowest BCUT2D eigenvalue weighted by molar-refractivity contribution is 0.185. The molecule has 3 rings (SSSR count). The van der Waals surface area contributed by atoms with E-state index >= 15 is 0 Å². The average Bonchev–Trinajstić information content (AvgIpc) is 2.76. The van der Waals surface area contributed by atoms with Crippen molar-refractivity contribution in [3.05, 3.63) is 46.8 Å². The van der Waals surface area contributed by atoms with Gasteiger partial charge in [-0.25, -0.2) is 4.39 Å². The molecule has 0 nitrogen and oxygen atoms in total. The van der Waals surface area contributed by atoms with Crippen molar-refractivity contribution < 1.29 is 4.39 Å². The Morgan fingerprint density at radius 3 is 2.38 bits per heavy atom. The molecule has 1 unspecified atom stereocenters. The molecule has 162 valence electrons. The number of allylic oxidation sites excluding steroid dienone is 2. The van der Waals surface area contributed by atoms with Crippen LogP contribution < -0.4 is 0 Å². The van der Waals surface area contributed by atoms with Crippen molar-refractivity contribution in [1.82, 2.24) is 0 Å². The molecule has 1 heteroatoms. The van der Waals surface area contributed by atoms with E-state index in [9.17, 15) is 4.39 Å². The van der Waals surface area contributed by atoms with Crippen molar-refractivity contribution >= 4 is 0 Å². The molecular formula is C28H43F. The fourth-order valence-corrected chi connectivity index (χ4v) is 5.71. The van der Waals surface area contributed by atoms with Crippen LogP contribution in [0.2, 0.25) is 0 Å². The summed E-state index contributed by atoms with van der Waals surface area (Å²) in [4.78, 5) is 0. The Morgan fingerprint density at radius 2 is 1.72 bits per heavy atom. The standard InChI is InChI=1S/C28H43F/c1-3-5-6-7-8-22-11-17-26(18-12-22)27-19-13-23(14-20-27)9-10-24-15-16-25(4-2)28(29)21-24/h13,15-16,21-22,26-27H,3-12,14,17-20H2,1-2H3/t22-,26-,27?. The highest BCUT2D eigenvalue weighted by Crippen LogP contribution is 2.41. The van der Waals surface area contributed by atoms with E-state index in [2.05, 4.69) is 19.1 Å². The van der Waals surface area contributed by atoms with Crippen LogP contribution in [0.4, 0.5) is 4.39 Å². The summed E-state index contributed by atoms with van der Waals surface area (Å²) in [5.74, 6) is 2.91. The van der Waals surface area contributed by atoms with Crippen LogP contribution in [0, 0.1) is 23.6 Å². The first-order chi connectivity index (χ1) is 14.2. The fourth-order valence-electron chi connectivity index (χ4n) is 5.71. The zero-order valence-electron chi connectivity index (χ0n) is 19.0. The minimum Gasteiger partial charge on any atom is -0.207 e. The van der Waals surface area contributed by atoms with Crippen molar-refractivity contribution in [2.45, 2.75) is 110 Å². The highest BCUT2D eigenvalue weighted by Gasteiger charge is 2.28.